The molecule has 104 valence electrons. The predicted molar refractivity (Wildman–Crippen MR) is 78.4 cm³/mol. The molecular weight excluding hydrogens is 208 g/mol. The third-order valence-corrected chi connectivity index (χ3v) is 3.45. The highest BCUT2D eigenvalue weighted by Crippen LogP contribution is 2.08. The quantitative estimate of drug-likeness (QED) is 0.498. The molecule has 0 aliphatic carbocycles. The maximum absolute atomic E-state index is 5.54. The monoisotopic (exact) mass is 242 g/mol. The normalized spacial score (nSPS) is 11.3. The van der Waals surface area contributed by atoms with Crippen LogP contribution in [0.1, 0.15) is 71.6 Å². The lowest BCUT2D eigenvalue weighted by atomic mass is 10.1. The Morgan fingerprint density at radius 1 is 0.706 bits per heavy atom. The van der Waals surface area contributed by atoms with Crippen molar-refractivity contribution in [2.24, 2.45) is 5.73 Å². The summed E-state index contributed by atoms with van der Waals surface area (Å²) in [6.07, 6.45) is 12.4. The van der Waals surface area contributed by atoms with Gasteiger partial charge < -0.3 is 10.6 Å². The second-order valence-electron chi connectivity index (χ2n) is 5.05. The molecule has 0 rings (SSSR count). The standard InChI is InChI=1S/C15H34N2/c1-3-5-6-7-8-9-10-11-14-17(4-2)15-12-13-16/h3-16H2,1-2H3. The van der Waals surface area contributed by atoms with Gasteiger partial charge in [0, 0.05) is 0 Å². The van der Waals surface area contributed by atoms with E-state index in [1.807, 2.05) is 0 Å². The van der Waals surface area contributed by atoms with Crippen molar-refractivity contribution in [3.8, 4) is 0 Å². The fourth-order valence-electron chi connectivity index (χ4n) is 2.21. The third kappa shape index (κ3) is 12.2. The highest BCUT2D eigenvalue weighted by atomic mass is 15.1. The van der Waals surface area contributed by atoms with E-state index in [1.165, 1.54) is 71.0 Å². The Hall–Kier alpha value is -0.0800. The molecule has 2 heteroatoms. The van der Waals surface area contributed by atoms with Crippen molar-refractivity contribution in [1.29, 1.82) is 0 Å². The number of unbranched alkanes of at least 4 members (excludes halogenated alkanes) is 7. The molecule has 0 saturated carbocycles. The van der Waals surface area contributed by atoms with Crippen molar-refractivity contribution in [2.75, 3.05) is 26.2 Å². The van der Waals surface area contributed by atoms with Crippen LogP contribution in [-0.4, -0.2) is 31.1 Å². The number of rotatable bonds is 13. The van der Waals surface area contributed by atoms with E-state index < -0.39 is 0 Å². The second kappa shape index (κ2) is 14.0. The molecule has 0 bridgehead atoms. The van der Waals surface area contributed by atoms with Crippen LogP contribution in [0, 0.1) is 0 Å². The summed E-state index contributed by atoms with van der Waals surface area (Å²) >= 11 is 0. The molecule has 0 amide bonds. The van der Waals surface area contributed by atoms with Gasteiger partial charge in [-0.2, -0.15) is 0 Å². The Morgan fingerprint density at radius 3 is 1.76 bits per heavy atom. The first-order valence-electron chi connectivity index (χ1n) is 7.77. The van der Waals surface area contributed by atoms with E-state index in [0.29, 0.717) is 0 Å². The summed E-state index contributed by atoms with van der Waals surface area (Å²) in [5.74, 6) is 0. The van der Waals surface area contributed by atoms with Gasteiger partial charge in [-0.25, -0.2) is 0 Å². The van der Waals surface area contributed by atoms with Crippen LogP contribution in [0.2, 0.25) is 0 Å². The van der Waals surface area contributed by atoms with Crippen LogP contribution in [0.5, 0.6) is 0 Å². The molecule has 2 N–H and O–H groups in total. The van der Waals surface area contributed by atoms with Crippen molar-refractivity contribution in [2.45, 2.75) is 71.6 Å². The minimum Gasteiger partial charge on any atom is -0.330 e. The highest BCUT2D eigenvalue weighted by Gasteiger charge is 2.00. The van der Waals surface area contributed by atoms with Crippen LogP contribution in [-0.2, 0) is 0 Å². The summed E-state index contributed by atoms with van der Waals surface area (Å²) in [5.41, 5.74) is 5.54. The molecule has 0 heterocycles. The van der Waals surface area contributed by atoms with Gasteiger partial charge in [0.2, 0.25) is 0 Å². The highest BCUT2D eigenvalue weighted by molar-refractivity contribution is 4.56. The van der Waals surface area contributed by atoms with E-state index in [-0.39, 0.29) is 0 Å². The minimum atomic E-state index is 0.827. The Kier molecular flexibility index (Phi) is 13.9. The van der Waals surface area contributed by atoms with Gasteiger partial charge in [-0.15, -0.1) is 0 Å². The number of hydrogen-bond donors (Lipinski definition) is 1. The van der Waals surface area contributed by atoms with Crippen LogP contribution in [0.3, 0.4) is 0 Å². The van der Waals surface area contributed by atoms with E-state index >= 15 is 0 Å². The molecule has 17 heavy (non-hydrogen) atoms. The van der Waals surface area contributed by atoms with Gasteiger partial charge in [0.25, 0.3) is 0 Å². The lowest BCUT2D eigenvalue weighted by molar-refractivity contribution is 0.278. The van der Waals surface area contributed by atoms with E-state index in [0.717, 1.165) is 13.0 Å². The topological polar surface area (TPSA) is 29.3 Å². The van der Waals surface area contributed by atoms with Gasteiger partial charge in [-0.05, 0) is 39.0 Å². The zero-order valence-electron chi connectivity index (χ0n) is 12.2. The van der Waals surface area contributed by atoms with E-state index in [2.05, 4.69) is 18.7 Å². The third-order valence-electron chi connectivity index (χ3n) is 3.45. The molecule has 0 aliphatic rings. The van der Waals surface area contributed by atoms with Crippen LogP contribution in [0.4, 0.5) is 0 Å². The molecule has 0 aliphatic heterocycles. The van der Waals surface area contributed by atoms with Crippen molar-refractivity contribution in [1.82, 2.24) is 4.90 Å². The van der Waals surface area contributed by atoms with Gasteiger partial charge >= 0.3 is 0 Å². The lowest BCUT2D eigenvalue weighted by Crippen LogP contribution is -2.27. The summed E-state index contributed by atoms with van der Waals surface area (Å²) in [7, 11) is 0. The Bertz CT molecular complexity index is 137. The van der Waals surface area contributed by atoms with Gasteiger partial charge in [0.1, 0.15) is 0 Å². The largest absolute Gasteiger partial charge is 0.330 e. The first-order valence-corrected chi connectivity index (χ1v) is 7.77. The molecule has 0 saturated heterocycles. The molecule has 0 radical (unpaired) electrons. The SMILES string of the molecule is CCCCCCCCCCN(CC)CCCN. The van der Waals surface area contributed by atoms with Crippen LogP contribution in [0.25, 0.3) is 0 Å². The first kappa shape index (κ1) is 16.9. The molecule has 0 spiro atoms. The maximum atomic E-state index is 5.54. The smallest absolute Gasteiger partial charge is 0.000683 e. The van der Waals surface area contributed by atoms with E-state index in [9.17, 15) is 0 Å². The summed E-state index contributed by atoms with van der Waals surface area (Å²) in [5, 5.41) is 0. The molecular formula is C15H34N2. The fourth-order valence-corrected chi connectivity index (χ4v) is 2.21. The number of nitrogens with zero attached hydrogens (tertiary/aromatic N) is 1. The summed E-state index contributed by atoms with van der Waals surface area (Å²) < 4.78 is 0. The Morgan fingerprint density at radius 2 is 1.24 bits per heavy atom. The van der Waals surface area contributed by atoms with Crippen molar-refractivity contribution in [3.63, 3.8) is 0 Å². The molecule has 0 aromatic carbocycles. The summed E-state index contributed by atoms with van der Waals surface area (Å²) in [6, 6.07) is 0. The van der Waals surface area contributed by atoms with Gasteiger partial charge in [0.15, 0.2) is 0 Å². The van der Waals surface area contributed by atoms with Gasteiger partial charge in [-0.1, -0.05) is 58.8 Å². The average Bonchev–Trinajstić information content (AvgIpc) is 2.36. The van der Waals surface area contributed by atoms with Crippen LogP contribution in [0.15, 0.2) is 0 Å². The lowest BCUT2D eigenvalue weighted by Gasteiger charge is -2.19. The predicted octanol–water partition coefficient (Wildman–Crippen LogP) is 3.80. The maximum Gasteiger partial charge on any atom is -0.000683 e. The van der Waals surface area contributed by atoms with Crippen molar-refractivity contribution >= 4 is 0 Å². The number of nitrogens with two attached hydrogens (primary N) is 1. The molecule has 0 atom stereocenters. The summed E-state index contributed by atoms with van der Waals surface area (Å²) in [6.45, 7) is 8.99. The van der Waals surface area contributed by atoms with Gasteiger partial charge in [-0.3, -0.25) is 0 Å². The second-order valence-corrected chi connectivity index (χ2v) is 5.05. The molecule has 2 nitrogen and oxygen atoms in total. The molecule has 0 aromatic rings. The number of hydrogen-bond acceptors (Lipinski definition) is 2. The van der Waals surface area contributed by atoms with Gasteiger partial charge in [0.05, 0.1) is 0 Å². The first-order chi connectivity index (χ1) is 8.35. The zero-order valence-corrected chi connectivity index (χ0v) is 12.2. The van der Waals surface area contributed by atoms with Crippen LogP contribution < -0.4 is 5.73 Å². The summed E-state index contributed by atoms with van der Waals surface area (Å²) in [4.78, 5) is 2.53. The van der Waals surface area contributed by atoms with E-state index in [1.54, 1.807) is 0 Å². The van der Waals surface area contributed by atoms with Crippen molar-refractivity contribution in [3.05, 3.63) is 0 Å². The minimum absolute atomic E-state index is 0.827. The molecule has 0 aromatic heterocycles. The Balaban J connectivity index is 3.19. The fraction of sp³-hybridized carbons (Fsp3) is 1.00. The average molecular weight is 242 g/mol. The zero-order chi connectivity index (χ0) is 12.8. The molecule has 0 fully saturated rings. The Labute approximate surface area is 109 Å². The van der Waals surface area contributed by atoms with E-state index in [4.69, 9.17) is 5.73 Å². The van der Waals surface area contributed by atoms with Crippen molar-refractivity contribution < 1.29 is 0 Å². The molecule has 0 unspecified atom stereocenters. The van der Waals surface area contributed by atoms with Crippen LogP contribution >= 0.6 is 0 Å².